The van der Waals surface area contributed by atoms with Crippen molar-refractivity contribution in [3.63, 3.8) is 0 Å². The van der Waals surface area contributed by atoms with E-state index in [4.69, 9.17) is 5.73 Å². The molecular weight excluding hydrogens is 346 g/mol. The molecule has 0 aliphatic rings. The van der Waals surface area contributed by atoms with E-state index in [9.17, 15) is 4.79 Å². The zero-order valence-electron chi connectivity index (χ0n) is 11.5. The highest BCUT2D eigenvalue weighted by molar-refractivity contribution is 9.10. The van der Waals surface area contributed by atoms with Gasteiger partial charge in [-0.15, -0.1) is 0 Å². The van der Waals surface area contributed by atoms with Gasteiger partial charge in [0.2, 0.25) is 5.78 Å². The number of carbonyl (C=O) groups is 1. The molecule has 0 aliphatic carbocycles. The molecule has 0 bridgehead atoms. The minimum Gasteiger partial charge on any atom is -0.383 e. The summed E-state index contributed by atoms with van der Waals surface area (Å²) in [6, 6.07) is 9.58. The predicted molar refractivity (Wildman–Crippen MR) is 85.3 cm³/mol. The van der Waals surface area contributed by atoms with Gasteiger partial charge in [-0.1, -0.05) is 28.1 Å². The molecule has 0 radical (unpaired) electrons. The Morgan fingerprint density at radius 3 is 2.95 bits per heavy atom. The molecule has 1 aromatic carbocycles. The number of hydrogen-bond acceptors (Lipinski definition) is 5. The van der Waals surface area contributed by atoms with Gasteiger partial charge in [0.1, 0.15) is 17.8 Å². The molecule has 0 saturated heterocycles. The van der Waals surface area contributed by atoms with Crippen LogP contribution < -0.4 is 5.73 Å². The standard InChI is InChI=1S/C15H12BrN5O/c16-11-3-1-2-10(6-11)8-21-5-4-13(20-21)14(22)12-7-18-9-19-15(12)17/h1-7,9H,8H2,(H2,17,18,19). The van der Waals surface area contributed by atoms with Crippen LogP contribution in [0.15, 0.2) is 53.5 Å². The molecule has 0 spiro atoms. The second-order valence-corrected chi connectivity index (χ2v) is 5.59. The Hall–Kier alpha value is -2.54. The molecule has 0 aliphatic heterocycles. The van der Waals surface area contributed by atoms with Gasteiger partial charge in [-0.2, -0.15) is 5.10 Å². The molecule has 0 atom stereocenters. The third-order valence-corrected chi connectivity index (χ3v) is 3.59. The highest BCUT2D eigenvalue weighted by Gasteiger charge is 2.16. The first-order chi connectivity index (χ1) is 10.6. The second-order valence-electron chi connectivity index (χ2n) is 4.68. The van der Waals surface area contributed by atoms with Crippen molar-refractivity contribution in [1.82, 2.24) is 19.7 Å². The fraction of sp³-hybridized carbons (Fsp3) is 0.0667. The van der Waals surface area contributed by atoms with Gasteiger partial charge < -0.3 is 5.73 Å². The Balaban J connectivity index is 1.82. The van der Waals surface area contributed by atoms with Crippen LogP contribution in [0.3, 0.4) is 0 Å². The predicted octanol–water partition coefficient (Wildman–Crippen LogP) is 2.30. The lowest BCUT2D eigenvalue weighted by Gasteiger charge is -2.03. The molecule has 3 aromatic rings. The number of hydrogen-bond donors (Lipinski definition) is 1. The van der Waals surface area contributed by atoms with Gasteiger partial charge in [0.25, 0.3) is 0 Å². The van der Waals surface area contributed by atoms with Crippen molar-refractivity contribution < 1.29 is 4.79 Å². The van der Waals surface area contributed by atoms with E-state index in [-0.39, 0.29) is 17.2 Å². The van der Waals surface area contributed by atoms with Crippen molar-refractivity contribution >= 4 is 27.5 Å². The van der Waals surface area contributed by atoms with Gasteiger partial charge in [0, 0.05) is 16.9 Å². The van der Waals surface area contributed by atoms with E-state index >= 15 is 0 Å². The molecular formula is C15H12BrN5O. The maximum absolute atomic E-state index is 12.3. The lowest BCUT2D eigenvalue weighted by molar-refractivity contribution is 0.103. The fourth-order valence-electron chi connectivity index (χ4n) is 2.05. The first-order valence-electron chi connectivity index (χ1n) is 6.51. The van der Waals surface area contributed by atoms with E-state index in [1.54, 1.807) is 16.9 Å². The number of nitrogens with two attached hydrogens (primary N) is 1. The van der Waals surface area contributed by atoms with E-state index < -0.39 is 0 Å². The fourth-order valence-corrected chi connectivity index (χ4v) is 2.49. The van der Waals surface area contributed by atoms with E-state index in [1.807, 2.05) is 24.3 Å². The Morgan fingerprint density at radius 1 is 1.32 bits per heavy atom. The first kappa shape index (κ1) is 14.4. The topological polar surface area (TPSA) is 86.7 Å². The maximum atomic E-state index is 12.3. The van der Waals surface area contributed by atoms with Crippen molar-refractivity contribution in [3.05, 3.63) is 70.3 Å². The van der Waals surface area contributed by atoms with Gasteiger partial charge in [-0.3, -0.25) is 9.48 Å². The van der Waals surface area contributed by atoms with Gasteiger partial charge in [-0.05, 0) is 23.8 Å². The molecule has 0 fully saturated rings. The Morgan fingerprint density at radius 2 is 2.18 bits per heavy atom. The SMILES string of the molecule is Nc1ncncc1C(=O)c1ccn(Cc2cccc(Br)c2)n1. The number of ketones is 1. The Labute approximate surface area is 135 Å². The molecule has 6 nitrogen and oxygen atoms in total. The number of nitrogen functional groups attached to an aromatic ring is 1. The molecule has 0 saturated carbocycles. The van der Waals surface area contributed by atoms with Crippen LogP contribution in [0.4, 0.5) is 5.82 Å². The maximum Gasteiger partial charge on any atom is 0.218 e. The van der Waals surface area contributed by atoms with Crippen LogP contribution in [-0.4, -0.2) is 25.5 Å². The molecule has 2 N–H and O–H groups in total. The summed E-state index contributed by atoms with van der Waals surface area (Å²) in [5.41, 5.74) is 7.35. The molecule has 110 valence electrons. The average Bonchev–Trinajstić information content (AvgIpc) is 2.95. The van der Waals surface area contributed by atoms with Gasteiger partial charge in [0.05, 0.1) is 12.1 Å². The summed E-state index contributed by atoms with van der Waals surface area (Å²) in [4.78, 5) is 20.0. The largest absolute Gasteiger partial charge is 0.383 e. The van der Waals surface area contributed by atoms with Crippen LogP contribution in [0.1, 0.15) is 21.6 Å². The zero-order valence-corrected chi connectivity index (χ0v) is 13.1. The number of rotatable bonds is 4. The van der Waals surface area contributed by atoms with Crippen LogP contribution >= 0.6 is 15.9 Å². The number of benzene rings is 1. The summed E-state index contributed by atoms with van der Waals surface area (Å²) >= 11 is 3.43. The van der Waals surface area contributed by atoms with Gasteiger partial charge in [-0.25, -0.2) is 9.97 Å². The summed E-state index contributed by atoms with van der Waals surface area (Å²) in [5, 5.41) is 4.29. The lowest BCUT2D eigenvalue weighted by Crippen LogP contribution is -2.09. The number of halogens is 1. The van der Waals surface area contributed by atoms with Crippen LogP contribution in [-0.2, 0) is 6.54 Å². The number of anilines is 1. The van der Waals surface area contributed by atoms with Gasteiger partial charge in [0.15, 0.2) is 0 Å². The summed E-state index contributed by atoms with van der Waals surface area (Å²) < 4.78 is 2.71. The summed E-state index contributed by atoms with van der Waals surface area (Å²) in [6.45, 7) is 0.577. The quantitative estimate of drug-likeness (QED) is 0.723. The highest BCUT2D eigenvalue weighted by atomic mass is 79.9. The van der Waals surface area contributed by atoms with Gasteiger partial charge >= 0.3 is 0 Å². The second kappa shape index (κ2) is 6.07. The van der Waals surface area contributed by atoms with E-state index in [0.29, 0.717) is 12.2 Å². The third-order valence-electron chi connectivity index (χ3n) is 3.09. The van der Waals surface area contributed by atoms with Crippen molar-refractivity contribution in [2.75, 3.05) is 5.73 Å². The molecule has 2 aromatic heterocycles. The van der Waals surface area contributed by atoms with E-state index in [1.165, 1.54) is 12.5 Å². The van der Waals surface area contributed by atoms with Crippen molar-refractivity contribution in [2.24, 2.45) is 0 Å². The Bertz CT molecular complexity index is 830. The monoisotopic (exact) mass is 357 g/mol. The molecule has 0 amide bonds. The summed E-state index contributed by atoms with van der Waals surface area (Å²) in [5.74, 6) is -0.132. The molecule has 7 heteroatoms. The van der Waals surface area contributed by atoms with Crippen LogP contribution in [0.25, 0.3) is 0 Å². The Kier molecular flexibility index (Phi) is 3.97. The molecule has 22 heavy (non-hydrogen) atoms. The highest BCUT2D eigenvalue weighted by Crippen LogP contribution is 2.14. The first-order valence-corrected chi connectivity index (χ1v) is 7.31. The molecule has 3 rings (SSSR count). The van der Waals surface area contributed by atoms with Crippen LogP contribution in [0.5, 0.6) is 0 Å². The minimum absolute atomic E-state index is 0.154. The van der Waals surface area contributed by atoms with Crippen LogP contribution in [0.2, 0.25) is 0 Å². The van der Waals surface area contributed by atoms with Crippen molar-refractivity contribution in [3.8, 4) is 0 Å². The summed E-state index contributed by atoms with van der Waals surface area (Å²) in [6.07, 6.45) is 4.46. The van der Waals surface area contributed by atoms with E-state index in [2.05, 4.69) is 31.0 Å². The molecule has 2 heterocycles. The van der Waals surface area contributed by atoms with Crippen molar-refractivity contribution in [2.45, 2.75) is 6.54 Å². The molecule has 0 unspecified atom stereocenters. The smallest absolute Gasteiger partial charge is 0.218 e. The summed E-state index contributed by atoms with van der Waals surface area (Å²) in [7, 11) is 0. The number of aromatic nitrogens is 4. The third kappa shape index (κ3) is 3.04. The lowest BCUT2D eigenvalue weighted by atomic mass is 10.1. The number of nitrogens with zero attached hydrogens (tertiary/aromatic N) is 4. The average molecular weight is 358 g/mol. The van der Waals surface area contributed by atoms with Crippen molar-refractivity contribution in [1.29, 1.82) is 0 Å². The van der Waals surface area contributed by atoms with E-state index in [0.717, 1.165) is 10.0 Å². The van der Waals surface area contributed by atoms with Crippen LogP contribution in [0, 0.1) is 0 Å². The minimum atomic E-state index is -0.286. The number of carbonyl (C=O) groups excluding carboxylic acids is 1. The normalized spacial score (nSPS) is 10.6. The zero-order chi connectivity index (χ0) is 15.5.